The largest absolute Gasteiger partial charge is 0.477 e. The van der Waals surface area contributed by atoms with Crippen molar-refractivity contribution in [3.63, 3.8) is 0 Å². The molecule has 0 aromatic carbocycles. The van der Waals surface area contributed by atoms with Crippen molar-refractivity contribution >= 4 is 5.95 Å². The average molecular weight is 224 g/mol. The summed E-state index contributed by atoms with van der Waals surface area (Å²) in [6.07, 6.45) is 1.05. The van der Waals surface area contributed by atoms with E-state index in [1.807, 2.05) is 6.92 Å². The smallest absolute Gasteiger partial charge is 0.240 e. The molecule has 0 spiro atoms. The van der Waals surface area contributed by atoms with Gasteiger partial charge in [0, 0.05) is 24.3 Å². The lowest BCUT2D eigenvalue weighted by molar-refractivity contribution is 0.165. The first kappa shape index (κ1) is 11.1. The zero-order chi connectivity index (χ0) is 11.4. The maximum atomic E-state index is 5.59. The lowest BCUT2D eigenvalue weighted by Gasteiger charge is -2.10. The molecule has 6 nitrogen and oxygen atoms in total. The van der Waals surface area contributed by atoms with E-state index in [0.29, 0.717) is 24.4 Å². The van der Waals surface area contributed by atoms with Crippen molar-refractivity contribution < 1.29 is 9.47 Å². The Hall–Kier alpha value is -1.40. The molecule has 2 heterocycles. The minimum atomic E-state index is 0.373. The van der Waals surface area contributed by atoms with E-state index in [-0.39, 0.29) is 0 Å². The third kappa shape index (κ3) is 2.80. The molecule has 88 valence electrons. The van der Waals surface area contributed by atoms with E-state index in [1.54, 1.807) is 6.07 Å². The molecule has 1 aliphatic heterocycles. The molecule has 1 aliphatic rings. The summed E-state index contributed by atoms with van der Waals surface area (Å²) in [5.41, 5.74) is 3.23. The Labute approximate surface area is 94.1 Å². The van der Waals surface area contributed by atoms with E-state index >= 15 is 0 Å². The van der Waals surface area contributed by atoms with Gasteiger partial charge in [-0.05, 0) is 13.3 Å². The molecule has 0 aliphatic carbocycles. The Morgan fingerprint density at radius 3 is 3.19 bits per heavy atom. The van der Waals surface area contributed by atoms with Crippen LogP contribution in [0.5, 0.6) is 5.88 Å². The zero-order valence-corrected chi connectivity index (χ0v) is 9.27. The topological polar surface area (TPSA) is 82.3 Å². The van der Waals surface area contributed by atoms with E-state index in [2.05, 4.69) is 15.4 Å². The van der Waals surface area contributed by atoms with Crippen LogP contribution in [0, 0.1) is 12.8 Å². The van der Waals surface area contributed by atoms with Gasteiger partial charge in [-0.1, -0.05) is 0 Å². The fourth-order valence-corrected chi connectivity index (χ4v) is 1.60. The monoisotopic (exact) mass is 224 g/mol. The number of nitrogens with two attached hydrogens (primary N) is 1. The Morgan fingerprint density at radius 1 is 1.62 bits per heavy atom. The van der Waals surface area contributed by atoms with Gasteiger partial charge in [0.1, 0.15) is 0 Å². The minimum absolute atomic E-state index is 0.373. The van der Waals surface area contributed by atoms with Crippen molar-refractivity contribution in [1.82, 2.24) is 9.97 Å². The van der Waals surface area contributed by atoms with E-state index in [4.69, 9.17) is 15.3 Å². The van der Waals surface area contributed by atoms with Gasteiger partial charge in [-0.2, -0.15) is 4.98 Å². The highest BCUT2D eigenvalue weighted by molar-refractivity contribution is 5.28. The predicted octanol–water partition coefficient (Wildman–Crippen LogP) is 0.486. The van der Waals surface area contributed by atoms with Gasteiger partial charge in [-0.25, -0.2) is 10.8 Å². The molecule has 0 bridgehead atoms. The number of nitrogen functional groups attached to an aromatic ring is 1. The maximum absolute atomic E-state index is 5.59. The fourth-order valence-electron chi connectivity index (χ4n) is 1.60. The van der Waals surface area contributed by atoms with Crippen molar-refractivity contribution in [1.29, 1.82) is 0 Å². The number of nitrogens with one attached hydrogen (secondary N) is 1. The van der Waals surface area contributed by atoms with Crippen molar-refractivity contribution in [3.05, 3.63) is 11.8 Å². The van der Waals surface area contributed by atoms with E-state index in [0.717, 1.165) is 25.3 Å². The van der Waals surface area contributed by atoms with Crippen molar-refractivity contribution in [3.8, 4) is 5.88 Å². The second kappa shape index (κ2) is 5.09. The molecule has 6 heteroatoms. The molecule has 1 fully saturated rings. The van der Waals surface area contributed by atoms with Crippen molar-refractivity contribution in [2.24, 2.45) is 11.8 Å². The van der Waals surface area contributed by atoms with Gasteiger partial charge < -0.3 is 9.47 Å². The molecule has 0 radical (unpaired) electrons. The summed E-state index contributed by atoms with van der Waals surface area (Å²) in [5, 5.41) is 0. The highest BCUT2D eigenvalue weighted by Crippen LogP contribution is 2.16. The second-order valence-electron chi connectivity index (χ2n) is 3.86. The summed E-state index contributed by atoms with van der Waals surface area (Å²) in [7, 11) is 0. The molecule has 16 heavy (non-hydrogen) atoms. The fraction of sp³-hybridized carbons (Fsp3) is 0.600. The molecule has 0 saturated carbocycles. The average Bonchev–Trinajstić information content (AvgIpc) is 2.78. The lowest BCUT2D eigenvalue weighted by Crippen LogP contribution is -2.15. The van der Waals surface area contributed by atoms with Crippen LogP contribution < -0.4 is 16.0 Å². The Bertz CT molecular complexity index is 353. The number of aryl methyl sites for hydroxylation is 1. The summed E-state index contributed by atoms with van der Waals surface area (Å²) < 4.78 is 10.9. The first-order chi connectivity index (χ1) is 7.78. The number of hydrogen-bond acceptors (Lipinski definition) is 6. The van der Waals surface area contributed by atoms with Crippen LogP contribution >= 0.6 is 0 Å². The third-order valence-electron chi connectivity index (χ3n) is 2.45. The normalized spacial score (nSPS) is 19.8. The number of rotatable bonds is 4. The summed E-state index contributed by atoms with van der Waals surface area (Å²) in [4.78, 5) is 8.18. The van der Waals surface area contributed by atoms with Crippen molar-refractivity contribution in [2.75, 3.05) is 25.2 Å². The van der Waals surface area contributed by atoms with Gasteiger partial charge in [-0.3, -0.25) is 5.43 Å². The second-order valence-corrected chi connectivity index (χ2v) is 3.86. The SMILES string of the molecule is Cc1cc(OCC2CCOC2)nc(NN)n1. The molecule has 2 rings (SSSR count). The number of nitrogens with zero attached hydrogens (tertiary/aromatic N) is 2. The first-order valence-electron chi connectivity index (χ1n) is 5.31. The van der Waals surface area contributed by atoms with Crippen LogP contribution in [-0.4, -0.2) is 29.8 Å². The minimum Gasteiger partial charge on any atom is -0.477 e. The molecular weight excluding hydrogens is 208 g/mol. The standard InChI is InChI=1S/C10H16N4O2/c1-7-4-9(13-10(12-7)14-11)16-6-8-2-3-15-5-8/h4,8H,2-3,5-6,11H2,1H3,(H,12,13,14). The van der Waals surface area contributed by atoms with E-state index in [9.17, 15) is 0 Å². The van der Waals surface area contributed by atoms with Gasteiger partial charge in [-0.15, -0.1) is 0 Å². The number of hydrogen-bond donors (Lipinski definition) is 2. The summed E-state index contributed by atoms with van der Waals surface area (Å²) in [6.45, 7) is 4.09. The molecular formula is C10H16N4O2. The number of anilines is 1. The van der Waals surface area contributed by atoms with E-state index < -0.39 is 0 Å². The maximum Gasteiger partial charge on any atom is 0.240 e. The Kier molecular flexibility index (Phi) is 3.53. The number of ether oxygens (including phenoxy) is 2. The molecule has 1 aromatic heterocycles. The molecule has 3 N–H and O–H groups in total. The Balaban J connectivity index is 1.94. The van der Waals surface area contributed by atoms with Gasteiger partial charge in [0.2, 0.25) is 11.8 Å². The molecule has 1 unspecified atom stereocenters. The Morgan fingerprint density at radius 2 is 2.50 bits per heavy atom. The van der Waals surface area contributed by atoms with Crippen LogP contribution in [0.1, 0.15) is 12.1 Å². The van der Waals surface area contributed by atoms with Crippen LogP contribution in [0.3, 0.4) is 0 Å². The summed E-state index contributed by atoms with van der Waals surface area (Å²) >= 11 is 0. The van der Waals surface area contributed by atoms with Crippen molar-refractivity contribution in [2.45, 2.75) is 13.3 Å². The highest BCUT2D eigenvalue weighted by Gasteiger charge is 2.16. The van der Waals surface area contributed by atoms with Gasteiger partial charge in [0.05, 0.1) is 13.2 Å². The van der Waals surface area contributed by atoms with Gasteiger partial charge in [0.25, 0.3) is 0 Å². The molecule has 1 saturated heterocycles. The van der Waals surface area contributed by atoms with Crippen LogP contribution in [0.2, 0.25) is 0 Å². The zero-order valence-electron chi connectivity index (χ0n) is 9.27. The van der Waals surface area contributed by atoms with Gasteiger partial charge in [0.15, 0.2) is 0 Å². The lowest BCUT2D eigenvalue weighted by atomic mass is 10.1. The quantitative estimate of drug-likeness (QED) is 0.572. The summed E-state index contributed by atoms with van der Waals surface area (Å²) in [6, 6.07) is 1.79. The molecule has 0 amide bonds. The van der Waals surface area contributed by atoms with Crippen LogP contribution in [0.4, 0.5) is 5.95 Å². The van der Waals surface area contributed by atoms with E-state index in [1.165, 1.54) is 0 Å². The van der Waals surface area contributed by atoms with Gasteiger partial charge >= 0.3 is 0 Å². The van der Waals surface area contributed by atoms with Crippen LogP contribution in [0.15, 0.2) is 6.07 Å². The first-order valence-corrected chi connectivity index (χ1v) is 5.31. The number of hydrazine groups is 1. The highest BCUT2D eigenvalue weighted by atomic mass is 16.5. The summed E-state index contributed by atoms with van der Waals surface area (Å²) in [5.74, 6) is 6.64. The molecule has 1 atom stereocenters. The van der Waals surface area contributed by atoms with Crippen LogP contribution in [-0.2, 0) is 4.74 Å². The predicted molar refractivity (Wildman–Crippen MR) is 59.0 cm³/mol. The number of aromatic nitrogens is 2. The molecule has 1 aromatic rings. The van der Waals surface area contributed by atoms with Crippen LogP contribution in [0.25, 0.3) is 0 Å². The third-order valence-corrected chi connectivity index (χ3v) is 2.45.